The van der Waals surface area contributed by atoms with Crippen LogP contribution in [-0.4, -0.2) is 56.8 Å². The monoisotopic (exact) mass is 740 g/mol. The molecule has 0 aliphatic rings. The van der Waals surface area contributed by atoms with Crippen LogP contribution >= 0.6 is 0 Å². The molecule has 0 saturated carbocycles. The first-order valence-electron chi connectivity index (χ1n) is 13.9. The first-order valence-corrected chi connectivity index (χ1v) is 18.2. The van der Waals surface area contributed by atoms with E-state index in [0.717, 1.165) is 12.1 Å². The molecule has 5 aromatic rings. The molecule has 0 aliphatic heterocycles. The molecule has 0 saturated heterocycles. The van der Waals surface area contributed by atoms with Crippen LogP contribution in [0.25, 0.3) is 10.8 Å². The molecule has 19 heteroatoms. The summed E-state index contributed by atoms with van der Waals surface area (Å²) in [6.07, 6.45) is 0. The highest BCUT2D eigenvalue weighted by molar-refractivity contribution is 7.87. The van der Waals surface area contributed by atoms with Crippen molar-refractivity contribution >= 4 is 81.7 Å². The minimum Gasteiger partial charge on any atom is -0.322 e. The summed E-state index contributed by atoms with van der Waals surface area (Å²) in [4.78, 5) is 34.8. The van der Waals surface area contributed by atoms with Crippen LogP contribution in [0.2, 0.25) is 0 Å². The van der Waals surface area contributed by atoms with Crippen molar-refractivity contribution in [3.05, 3.63) is 114 Å². The normalized spacial score (nSPS) is 11.8. The molecule has 0 fully saturated rings. The topological polar surface area (TPSA) is 262 Å². The molecule has 258 valence electrons. The number of urea groups is 1. The number of para-hydroxylation sites is 1. The van der Waals surface area contributed by atoms with Crippen molar-refractivity contribution in [1.82, 2.24) is 0 Å². The zero-order valence-electron chi connectivity index (χ0n) is 25.1. The molecule has 0 bridgehead atoms. The highest BCUT2D eigenvalue weighted by Gasteiger charge is 2.27. The average molecular weight is 741 g/mol. The number of fused-ring (bicyclic) bond motifs is 1. The van der Waals surface area contributed by atoms with E-state index < -0.39 is 79.3 Å². The molecule has 50 heavy (non-hydrogen) atoms. The van der Waals surface area contributed by atoms with Crippen molar-refractivity contribution in [3.8, 4) is 0 Å². The fourth-order valence-corrected chi connectivity index (χ4v) is 6.74. The van der Waals surface area contributed by atoms with Gasteiger partial charge in [-0.3, -0.25) is 23.2 Å². The van der Waals surface area contributed by atoms with Crippen LogP contribution in [0.4, 0.5) is 27.5 Å². The molecule has 4 amide bonds. The molecule has 0 heterocycles. The second kappa shape index (κ2) is 13.7. The lowest BCUT2D eigenvalue weighted by Crippen LogP contribution is -2.19. The summed E-state index contributed by atoms with van der Waals surface area (Å²) in [6, 6.07) is 22.2. The predicted molar refractivity (Wildman–Crippen MR) is 181 cm³/mol. The van der Waals surface area contributed by atoms with Crippen LogP contribution in [0.5, 0.6) is 0 Å². The lowest BCUT2D eigenvalue weighted by molar-refractivity contribution is 0.102. The van der Waals surface area contributed by atoms with Crippen molar-refractivity contribution < 1.29 is 53.3 Å². The van der Waals surface area contributed by atoms with Gasteiger partial charge in [-0.05, 0) is 84.9 Å². The van der Waals surface area contributed by atoms with E-state index in [1.165, 1.54) is 48.5 Å². The number of carbonyl (C=O) groups is 3. The smallest absolute Gasteiger partial charge is 0.322 e. The van der Waals surface area contributed by atoms with Crippen molar-refractivity contribution in [2.75, 3.05) is 21.3 Å². The van der Waals surface area contributed by atoms with Crippen molar-refractivity contribution in [3.63, 3.8) is 0 Å². The van der Waals surface area contributed by atoms with Gasteiger partial charge in [0.25, 0.3) is 42.2 Å². The Morgan fingerprint density at radius 1 is 0.480 bits per heavy atom. The fraction of sp³-hybridized carbons (Fsp3) is 0. The van der Waals surface area contributed by atoms with Gasteiger partial charge in [0.2, 0.25) is 0 Å². The maximum atomic E-state index is 13.1. The SMILES string of the molecule is O=C(Nc1ccccc1)Nc1ccc(C(=O)Nc2ccc(C(=O)Nc3ccc(S(=O)(=O)O)c4cc(S(=O)(=O)O)cc(S(=O)(=O)O)c34)cc2)cc1. The fourth-order valence-electron chi connectivity index (χ4n) is 4.70. The van der Waals surface area contributed by atoms with Gasteiger partial charge in [0, 0.05) is 39.0 Å². The maximum Gasteiger partial charge on any atom is 0.323 e. The lowest BCUT2D eigenvalue weighted by atomic mass is 10.1. The van der Waals surface area contributed by atoms with Crippen molar-refractivity contribution in [2.24, 2.45) is 0 Å². The maximum absolute atomic E-state index is 13.1. The molecular formula is C31H24N4O12S3. The molecule has 0 radical (unpaired) electrons. The van der Waals surface area contributed by atoms with Gasteiger partial charge in [0.1, 0.15) is 9.79 Å². The molecule has 0 atom stereocenters. The van der Waals surface area contributed by atoms with Gasteiger partial charge in [0.15, 0.2) is 0 Å². The molecular weight excluding hydrogens is 717 g/mol. The second-order valence-corrected chi connectivity index (χ2v) is 14.6. The first-order chi connectivity index (χ1) is 23.4. The Bertz CT molecular complexity index is 2490. The van der Waals surface area contributed by atoms with Gasteiger partial charge in [-0.25, -0.2) is 4.79 Å². The summed E-state index contributed by atoms with van der Waals surface area (Å²) in [6.45, 7) is 0. The van der Waals surface area contributed by atoms with E-state index in [-0.39, 0.29) is 16.8 Å². The van der Waals surface area contributed by atoms with Crippen LogP contribution < -0.4 is 21.3 Å². The number of hydrogen-bond donors (Lipinski definition) is 7. The summed E-state index contributed by atoms with van der Waals surface area (Å²) in [7, 11) is -15.6. The van der Waals surface area contributed by atoms with Gasteiger partial charge in [-0.1, -0.05) is 18.2 Å². The zero-order valence-corrected chi connectivity index (χ0v) is 27.5. The Balaban J connectivity index is 1.33. The van der Waals surface area contributed by atoms with Gasteiger partial charge < -0.3 is 21.3 Å². The van der Waals surface area contributed by atoms with Crippen LogP contribution in [0.3, 0.4) is 0 Å². The Morgan fingerprint density at radius 3 is 1.46 bits per heavy atom. The highest BCUT2D eigenvalue weighted by Crippen LogP contribution is 2.37. The first kappa shape index (κ1) is 35.6. The Kier molecular flexibility index (Phi) is 9.73. The number of rotatable bonds is 9. The van der Waals surface area contributed by atoms with E-state index in [2.05, 4.69) is 21.3 Å². The Labute approximate surface area is 284 Å². The number of amides is 4. The van der Waals surface area contributed by atoms with E-state index in [1.54, 1.807) is 30.3 Å². The third kappa shape index (κ3) is 8.29. The summed E-state index contributed by atoms with van der Waals surface area (Å²) in [5, 5.41) is 8.84. The number of hydrogen-bond acceptors (Lipinski definition) is 9. The van der Waals surface area contributed by atoms with Gasteiger partial charge >= 0.3 is 6.03 Å². The van der Waals surface area contributed by atoms with E-state index in [1.807, 2.05) is 0 Å². The van der Waals surface area contributed by atoms with Crippen LogP contribution in [0.15, 0.2) is 118 Å². The molecule has 16 nitrogen and oxygen atoms in total. The van der Waals surface area contributed by atoms with E-state index >= 15 is 0 Å². The van der Waals surface area contributed by atoms with Gasteiger partial charge in [-0.2, -0.15) is 25.3 Å². The lowest BCUT2D eigenvalue weighted by Gasteiger charge is -2.15. The zero-order chi connectivity index (χ0) is 36.4. The summed E-state index contributed by atoms with van der Waals surface area (Å²) < 4.78 is 101. The minimum absolute atomic E-state index is 0.0397. The molecule has 0 aromatic heterocycles. The van der Waals surface area contributed by atoms with Crippen molar-refractivity contribution in [2.45, 2.75) is 14.7 Å². The van der Waals surface area contributed by atoms with Crippen LogP contribution in [-0.2, 0) is 30.4 Å². The van der Waals surface area contributed by atoms with Crippen LogP contribution in [0.1, 0.15) is 20.7 Å². The summed E-state index contributed by atoms with van der Waals surface area (Å²) in [5.41, 5.74) is 1.07. The molecule has 5 aromatic carbocycles. The molecule has 0 aliphatic carbocycles. The highest BCUT2D eigenvalue weighted by atomic mass is 32.2. The molecule has 0 spiro atoms. The Morgan fingerprint density at radius 2 is 0.960 bits per heavy atom. The number of benzene rings is 5. The quantitative estimate of drug-likeness (QED) is 0.101. The largest absolute Gasteiger partial charge is 0.323 e. The molecule has 5 rings (SSSR count). The van der Waals surface area contributed by atoms with E-state index in [9.17, 15) is 53.3 Å². The summed E-state index contributed by atoms with van der Waals surface area (Å²) in [5.74, 6) is -1.40. The van der Waals surface area contributed by atoms with E-state index in [4.69, 9.17) is 0 Å². The number of carbonyl (C=O) groups excluding carboxylic acids is 3. The Hall–Kier alpha value is -5.70. The van der Waals surface area contributed by atoms with Gasteiger partial charge in [-0.15, -0.1) is 0 Å². The third-order valence-electron chi connectivity index (χ3n) is 6.96. The second-order valence-electron chi connectivity index (χ2n) is 10.4. The predicted octanol–water partition coefficient (Wildman–Crippen LogP) is 4.73. The van der Waals surface area contributed by atoms with Crippen molar-refractivity contribution in [1.29, 1.82) is 0 Å². The number of anilines is 4. The van der Waals surface area contributed by atoms with Gasteiger partial charge in [0.05, 0.1) is 10.6 Å². The molecule has 7 N–H and O–H groups in total. The third-order valence-corrected chi connectivity index (χ3v) is 9.58. The van der Waals surface area contributed by atoms with Crippen LogP contribution in [0, 0.1) is 0 Å². The summed E-state index contributed by atoms with van der Waals surface area (Å²) >= 11 is 0. The standard InChI is InChI=1S/C31H24N4O12S3/c36-29(18-8-12-22(13-9-18)34-31(38)33-20-4-2-1-3-5-20)32-21-10-6-19(7-11-21)30(37)35-25-14-15-26(49(42,43)44)24-16-23(48(39,40)41)17-27(28(24)25)50(45,46)47/h1-17H,(H,32,36)(H,35,37)(H2,33,34,38)(H,39,40,41)(H,42,43,44)(H,45,46,47). The van der Waals surface area contributed by atoms with E-state index in [0.29, 0.717) is 23.5 Å². The minimum atomic E-state index is -5.32. The molecule has 0 unspecified atom stereocenters. The number of nitrogens with one attached hydrogen (secondary N) is 4. The average Bonchev–Trinajstić information content (AvgIpc) is 3.04.